The first-order valence-electron chi connectivity index (χ1n) is 3.71. The maximum absolute atomic E-state index is 8.66. The molecule has 0 aromatic carbocycles. The van der Waals surface area contributed by atoms with Crippen LogP contribution < -0.4 is 11.0 Å². The normalized spacial score (nSPS) is 11.5. The van der Waals surface area contributed by atoms with Gasteiger partial charge in [-0.2, -0.15) is 20.5 Å². The molecule has 2 heterocycles. The van der Waals surface area contributed by atoms with Gasteiger partial charge in [-0.1, -0.05) is 0 Å². The molecule has 0 atom stereocenters. The van der Waals surface area contributed by atoms with E-state index in [1.807, 2.05) is 0 Å². The summed E-state index contributed by atoms with van der Waals surface area (Å²) in [5.41, 5.74) is -0.0343. The van der Waals surface area contributed by atoms with Crippen molar-refractivity contribution in [1.29, 1.82) is 10.5 Å². The molecule has 0 amide bonds. The van der Waals surface area contributed by atoms with Gasteiger partial charge in [-0.3, -0.25) is 0 Å². The Hall–Kier alpha value is -2.89. The molecule has 1 aromatic rings. The van der Waals surface area contributed by atoms with Gasteiger partial charge in [0, 0.05) is 0 Å². The summed E-state index contributed by atoms with van der Waals surface area (Å²) in [5, 5.41) is 25.8. The smallest absolute Gasteiger partial charge is 0.201 e. The van der Waals surface area contributed by atoms with Crippen LogP contribution in [0.15, 0.2) is 15.8 Å². The lowest BCUT2D eigenvalue weighted by atomic mass is 10.3. The molecule has 0 fully saturated rings. The Morgan fingerprint density at radius 1 is 0.933 bits per heavy atom. The molecule has 15 heavy (non-hydrogen) atoms. The highest BCUT2D eigenvalue weighted by Crippen LogP contribution is 1.96. The molecule has 7 nitrogen and oxygen atoms in total. The molecule has 0 unspecified atom stereocenters. The predicted octanol–water partition coefficient (Wildman–Crippen LogP) is -1.45. The lowest BCUT2D eigenvalue weighted by Gasteiger charge is -1.88. The summed E-state index contributed by atoms with van der Waals surface area (Å²) in [5.74, 6) is 1.64. The van der Waals surface area contributed by atoms with Crippen LogP contribution in [0.3, 0.4) is 0 Å². The molecule has 1 aliphatic rings. The van der Waals surface area contributed by atoms with E-state index in [0.29, 0.717) is 0 Å². The van der Waals surface area contributed by atoms with Gasteiger partial charge in [0.05, 0.1) is 0 Å². The lowest BCUT2D eigenvalue weighted by Crippen LogP contribution is -2.31. The molecule has 0 radical (unpaired) electrons. The van der Waals surface area contributed by atoms with E-state index < -0.39 is 0 Å². The average Bonchev–Trinajstić information content (AvgIpc) is 2.68. The summed E-state index contributed by atoms with van der Waals surface area (Å²) >= 11 is 0. The van der Waals surface area contributed by atoms with Crippen LogP contribution in [0.5, 0.6) is 0 Å². The van der Waals surface area contributed by atoms with Gasteiger partial charge in [0.15, 0.2) is 17.2 Å². The molecule has 68 valence electrons. The monoisotopic (exact) mass is 194 g/mol. The highest BCUT2D eigenvalue weighted by Gasteiger charge is 2.10. The fraction of sp³-hybridized carbons (Fsp3) is 0. The van der Waals surface area contributed by atoms with Crippen molar-refractivity contribution in [3.05, 3.63) is 33.6 Å². The van der Waals surface area contributed by atoms with Gasteiger partial charge in [-0.15, -0.1) is 0 Å². The van der Waals surface area contributed by atoms with Crippen LogP contribution in [-0.2, 0) is 0 Å². The second-order valence-corrected chi connectivity index (χ2v) is 2.45. The SMILES string of the molecule is N#Cc1nc2c(nc1C#N)=NC(=C=[N-])N=2. The molecule has 0 bridgehead atoms. The number of nitriles is 2. The topological polar surface area (TPSA) is 120 Å². The van der Waals surface area contributed by atoms with E-state index in [1.54, 1.807) is 18.0 Å². The van der Waals surface area contributed by atoms with E-state index in [0.717, 1.165) is 0 Å². The van der Waals surface area contributed by atoms with E-state index in [4.69, 9.17) is 15.9 Å². The molecule has 0 saturated heterocycles. The second-order valence-electron chi connectivity index (χ2n) is 2.45. The van der Waals surface area contributed by atoms with Crippen LogP contribution >= 0.6 is 0 Å². The molecule has 1 aliphatic heterocycles. The van der Waals surface area contributed by atoms with Crippen molar-refractivity contribution in [2.75, 3.05) is 0 Å². The van der Waals surface area contributed by atoms with Crippen molar-refractivity contribution in [2.24, 2.45) is 9.98 Å². The third-order valence-corrected chi connectivity index (χ3v) is 1.60. The highest BCUT2D eigenvalue weighted by molar-refractivity contribution is 5.60. The maximum atomic E-state index is 8.66. The fourth-order valence-corrected chi connectivity index (χ4v) is 0.999. The van der Waals surface area contributed by atoms with Crippen LogP contribution in [0.1, 0.15) is 11.4 Å². The third-order valence-electron chi connectivity index (χ3n) is 1.60. The number of fused-ring (bicyclic) bond motifs is 1. The Morgan fingerprint density at radius 2 is 1.40 bits per heavy atom. The van der Waals surface area contributed by atoms with Crippen molar-refractivity contribution >= 4 is 5.87 Å². The predicted molar refractivity (Wildman–Crippen MR) is 45.7 cm³/mol. The first-order chi connectivity index (χ1) is 7.28. The average molecular weight is 194 g/mol. The van der Waals surface area contributed by atoms with Crippen molar-refractivity contribution in [2.45, 2.75) is 0 Å². The van der Waals surface area contributed by atoms with Gasteiger partial charge in [0.2, 0.25) is 11.0 Å². The zero-order valence-electron chi connectivity index (χ0n) is 7.13. The summed E-state index contributed by atoms with van der Waals surface area (Å²) in [6.45, 7) is 0. The molecule has 2 rings (SSSR count). The zero-order valence-corrected chi connectivity index (χ0v) is 7.13. The van der Waals surface area contributed by atoms with Crippen LogP contribution in [0, 0.1) is 22.7 Å². The maximum Gasteiger partial charge on any atom is 0.201 e. The van der Waals surface area contributed by atoms with Gasteiger partial charge >= 0.3 is 0 Å². The Balaban J connectivity index is 2.89. The number of rotatable bonds is 0. The van der Waals surface area contributed by atoms with E-state index >= 15 is 0 Å². The molecular weight excluding hydrogens is 194 g/mol. The molecule has 0 spiro atoms. The molecule has 0 N–H and O–H groups in total. The third kappa shape index (κ3) is 1.25. The highest BCUT2D eigenvalue weighted by atomic mass is 15.1. The summed E-state index contributed by atoms with van der Waals surface area (Å²) in [6, 6.07) is 3.44. The largest absolute Gasteiger partial charge is 0.760 e. The first-order valence-corrected chi connectivity index (χ1v) is 3.71. The number of hydrogen-bond donors (Lipinski definition) is 0. The minimum absolute atomic E-state index is 0.0796. The summed E-state index contributed by atoms with van der Waals surface area (Å²) in [7, 11) is 0. The number of nitrogens with zero attached hydrogens (tertiary/aromatic N) is 7. The van der Waals surface area contributed by atoms with E-state index in [1.165, 1.54) is 0 Å². The lowest BCUT2D eigenvalue weighted by molar-refractivity contribution is 0.998. The molecule has 7 heteroatoms. The summed E-state index contributed by atoms with van der Waals surface area (Å²) in [4.78, 5) is 14.9. The Morgan fingerprint density at radius 3 is 1.73 bits per heavy atom. The Bertz CT molecular complexity index is 639. The summed E-state index contributed by atoms with van der Waals surface area (Å²) in [6.07, 6.45) is 0. The zero-order chi connectivity index (χ0) is 10.8. The first kappa shape index (κ1) is 8.70. The van der Waals surface area contributed by atoms with E-state index in [2.05, 4.69) is 20.0 Å². The summed E-state index contributed by atoms with van der Waals surface area (Å²) < 4.78 is 0. The van der Waals surface area contributed by atoms with Crippen LogP contribution in [0.2, 0.25) is 0 Å². The minimum atomic E-state index is -0.116. The fourth-order valence-electron chi connectivity index (χ4n) is 0.999. The molecular formula is C8N7-. The quantitative estimate of drug-likeness (QED) is 0.469. The van der Waals surface area contributed by atoms with Crippen molar-refractivity contribution in [3.63, 3.8) is 0 Å². The second kappa shape index (κ2) is 3.11. The minimum Gasteiger partial charge on any atom is -0.760 e. The molecule has 1 aromatic heterocycles. The van der Waals surface area contributed by atoms with Gasteiger partial charge in [-0.05, 0) is 0 Å². The Kier molecular flexibility index (Phi) is 1.80. The van der Waals surface area contributed by atoms with Gasteiger partial charge in [0.25, 0.3) is 0 Å². The van der Waals surface area contributed by atoms with Crippen molar-refractivity contribution in [1.82, 2.24) is 9.97 Å². The van der Waals surface area contributed by atoms with E-state index in [9.17, 15) is 0 Å². The van der Waals surface area contributed by atoms with Crippen LogP contribution in [-0.4, -0.2) is 15.8 Å². The van der Waals surface area contributed by atoms with Gasteiger partial charge in [0.1, 0.15) is 12.1 Å². The van der Waals surface area contributed by atoms with Crippen molar-refractivity contribution < 1.29 is 0 Å². The number of hydrogen-bond acceptors (Lipinski definition) is 6. The van der Waals surface area contributed by atoms with Crippen LogP contribution in [0.25, 0.3) is 5.41 Å². The molecule has 0 aliphatic carbocycles. The van der Waals surface area contributed by atoms with Gasteiger partial charge in [-0.25, -0.2) is 15.8 Å². The van der Waals surface area contributed by atoms with Crippen molar-refractivity contribution in [3.8, 4) is 12.1 Å². The van der Waals surface area contributed by atoms with Crippen LogP contribution in [0.4, 0.5) is 0 Å². The Labute approximate surface area is 82.9 Å². The van der Waals surface area contributed by atoms with E-state index in [-0.39, 0.29) is 28.2 Å². The molecule has 0 saturated carbocycles. The standard InChI is InChI=1S/C8N7/c9-1-4-5(2-10)13-8-7(12-4)14-6(3-11)15-8/q-1. The van der Waals surface area contributed by atoms with Gasteiger partial charge < -0.3 is 5.41 Å². The number of aromatic nitrogens is 2.